The van der Waals surface area contributed by atoms with Crippen LogP contribution in [0.15, 0.2) is 17.7 Å². The van der Waals surface area contributed by atoms with Crippen molar-refractivity contribution in [1.29, 1.82) is 0 Å². The SMILES string of the molecule is CN1C(=O)C(=Cc2cc(I)cc(I)c2O)C(=O)N(C)C1=S. The number of carbonyl (C=O) groups excluding carboxylic acids is 2. The van der Waals surface area contributed by atoms with Crippen molar-refractivity contribution >= 4 is 80.4 Å². The Kier molecular flexibility index (Phi) is 4.88. The van der Waals surface area contributed by atoms with Crippen LogP contribution in [0.1, 0.15) is 5.56 Å². The first-order valence-electron chi connectivity index (χ1n) is 5.73. The van der Waals surface area contributed by atoms with Gasteiger partial charge in [-0.15, -0.1) is 0 Å². The van der Waals surface area contributed by atoms with Gasteiger partial charge in [0.15, 0.2) is 5.11 Å². The lowest BCUT2D eigenvalue weighted by Gasteiger charge is -2.31. The molecule has 1 heterocycles. The number of aromatic hydroxyl groups is 1. The predicted octanol–water partition coefficient (Wildman–Crippen LogP) is 2.20. The van der Waals surface area contributed by atoms with Crippen LogP contribution in [-0.4, -0.2) is 45.9 Å². The maximum atomic E-state index is 12.2. The minimum atomic E-state index is -0.476. The fraction of sp³-hybridized carbons (Fsp3) is 0.154. The number of phenols is 1. The topological polar surface area (TPSA) is 60.9 Å². The van der Waals surface area contributed by atoms with Crippen molar-refractivity contribution < 1.29 is 14.7 Å². The lowest BCUT2D eigenvalue weighted by atomic mass is 10.1. The van der Waals surface area contributed by atoms with Crippen molar-refractivity contribution in [2.24, 2.45) is 0 Å². The number of amides is 2. The molecule has 0 bridgehead atoms. The summed E-state index contributed by atoms with van der Waals surface area (Å²) in [5, 5.41) is 10.2. The van der Waals surface area contributed by atoms with Crippen molar-refractivity contribution in [3.63, 3.8) is 0 Å². The maximum Gasteiger partial charge on any atom is 0.265 e. The van der Waals surface area contributed by atoms with Gasteiger partial charge in [0.1, 0.15) is 11.3 Å². The summed E-state index contributed by atoms with van der Waals surface area (Å²) in [5.74, 6) is -0.907. The predicted molar refractivity (Wildman–Crippen MR) is 99.7 cm³/mol. The molecule has 1 aliphatic rings. The second-order valence-electron chi connectivity index (χ2n) is 4.39. The van der Waals surface area contributed by atoms with E-state index in [9.17, 15) is 14.7 Å². The van der Waals surface area contributed by atoms with E-state index in [4.69, 9.17) is 12.2 Å². The van der Waals surface area contributed by atoms with E-state index in [2.05, 4.69) is 22.6 Å². The number of carbonyl (C=O) groups is 2. The smallest absolute Gasteiger partial charge is 0.265 e. The molecule has 0 atom stereocenters. The Labute approximate surface area is 154 Å². The highest BCUT2D eigenvalue weighted by molar-refractivity contribution is 14.1. The van der Waals surface area contributed by atoms with E-state index >= 15 is 0 Å². The molecule has 8 heteroatoms. The molecule has 0 aromatic heterocycles. The molecule has 1 aromatic carbocycles. The normalized spacial score (nSPS) is 15.8. The molecule has 0 unspecified atom stereocenters. The zero-order valence-electron chi connectivity index (χ0n) is 11.1. The molecule has 1 fully saturated rings. The third kappa shape index (κ3) is 3.06. The first kappa shape index (κ1) is 16.6. The van der Waals surface area contributed by atoms with Gasteiger partial charge < -0.3 is 5.11 Å². The highest BCUT2D eigenvalue weighted by atomic mass is 127. The van der Waals surface area contributed by atoms with Crippen molar-refractivity contribution in [3.8, 4) is 5.75 Å². The molecule has 2 rings (SSSR count). The van der Waals surface area contributed by atoms with Gasteiger partial charge in [-0.2, -0.15) is 0 Å². The monoisotopic (exact) mass is 528 g/mol. The largest absolute Gasteiger partial charge is 0.506 e. The van der Waals surface area contributed by atoms with Crippen molar-refractivity contribution in [1.82, 2.24) is 9.80 Å². The van der Waals surface area contributed by atoms with E-state index in [1.54, 1.807) is 12.1 Å². The number of likely N-dealkylation sites (N-methyl/N-ethyl adjacent to an activating group) is 2. The minimum absolute atomic E-state index is 0.0262. The average Bonchev–Trinajstić information content (AvgIpc) is 2.44. The summed E-state index contributed by atoms with van der Waals surface area (Å²) in [6, 6.07) is 3.51. The fourth-order valence-electron chi connectivity index (χ4n) is 1.83. The summed E-state index contributed by atoms with van der Waals surface area (Å²) in [5.41, 5.74) is 0.402. The molecule has 0 spiro atoms. The van der Waals surface area contributed by atoms with Crippen LogP contribution in [0, 0.1) is 7.14 Å². The molecule has 0 aliphatic carbocycles. The van der Waals surface area contributed by atoms with Gasteiger partial charge in [-0.05, 0) is 75.6 Å². The van der Waals surface area contributed by atoms with Crippen LogP contribution in [-0.2, 0) is 9.59 Å². The van der Waals surface area contributed by atoms with Gasteiger partial charge >= 0.3 is 0 Å². The van der Waals surface area contributed by atoms with Gasteiger partial charge in [0.25, 0.3) is 11.8 Å². The first-order chi connectivity index (χ1) is 9.73. The van der Waals surface area contributed by atoms with Crippen LogP contribution < -0.4 is 0 Å². The van der Waals surface area contributed by atoms with E-state index in [1.165, 1.54) is 30.0 Å². The first-order valence-corrected chi connectivity index (χ1v) is 8.30. The molecule has 0 radical (unpaired) electrons. The van der Waals surface area contributed by atoms with E-state index < -0.39 is 11.8 Å². The second-order valence-corrected chi connectivity index (χ2v) is 7.17. The maximum absolute atomic E-state index is 12.2. The van der Waals surface area contributed by atoms with Crippen LogP contribution >= 0.6 is 57.4 Å². The molecule has 0 saturated carbocycles. The third-order valence-corrected chi connectivity index (χ3v) is 4.99. The average molecular weight is 528 g/mol. The molecule has 1 N–H and O–H groups in total. The zero-order valence-corrected chi connectivity index (χ0v) is 16.2. The number of phenolic OH excluding ortho intramolecular Hbond substituents is 1. The Balaban J connectivity index is 2.57. The Morgan fingerprint density at radius 1 is 1.14 bits per heavy atom. The van der Waals surface area contributed by atoms with E-state index in [1.807, 2.05) is 22.6 Å². The van der Waals surface area contributed by atoms with Crippen LogP contribution in [0.25, 0.3) is 6.08 Å². The number of benzene rings is 1. The Morgan fingerprint density at radius 2 is 1.67 bits per heavy atom. The molecule has 1 saturated heterocycles. The van der Waals surface area contributed by atoms with Crippen LogP contribution in [0.3, 0.4) is 0 Å². The van der Waals surface area contributed by atoms with Crippen LogP contribution in [0.4, 0.5) is 0 Å². The van der Waals surface area contributed by atoms with E-state index in [-0.39, 0.29) is 16.4 Å². The van der Waals surface area contributed by atoms with Crippen LogP contribution in [0.2, 0.25) is 0 Å². The van der Waals surface area contributed by atoms with Crippen molar-refractivity contribution in [3.05, 3.63) is 30.4 Å². The molecule has 21 heavy (non-hydrogen) atoms. The van der Waals surface area contributed by atoms with Crippen molar-refractivity contribution in [2.75, 3.05) is 14.1 Å². The van der Waals surface area contributed by atoms with Gasteiger partial charge in [0.05, 0.1) is 3.57 Å². The van der Waals surface area contributed by atoms with Gasteiger partial charge in [0.2, 0.25) is 0 Å². The summed E-state index contributed by atoms with van der Waals surface area (Å²) in [4.78, 5) is 26.9. The van der Waals surface area contributed by atoms with Gasteiger partial charge in [0, 0.05) is 23.2 Å². The van der Waals surface area contributed by atoms with Gasteiger partial charge in [-0.1, -0.05) is 0 Å². The standard InChI is InChI=1S/C13H10I2N2O3S/c1-16-11(19)8(12(20)17(2)13(16)21)4-6-3-7(14)5-9(15)10(6)18/h3-5,18H,1-2H3. The summed E-state index contributed by atoms with van der Waals surface area (Å²) in [6.45, 7) is 0. The molecular formula is C13H10I2N2O3S. The minimum Gasteiger partial charge on any atom is -0.506 e. The summed E-state index contributed by atoms with van der Waals surface area (Å²) >= 11 is 9.12. The Hall–Kier alpha value is -0.750. The quantitative estimate of drug-likeness (QED) is 0.263. The Bertz CT molecular complexity index is 677. The van der Waals surface area contributed by atoms with E-state index in [0.29, 0.717) is 9.13 Å². The summed E-state index contributed by atoms with van der Waals surface area (Å²) in [6.07, 6.45) is 1.40. The number of hydrogen-bond acceptors (Lipinski definition) is 4. The highest BCUT2D eigenvalue weighted by Gasteiger charge is 2.35. The van der Waals surface area contributed by atoms with Gasteiger partial charge in [-0.25, -0.2) is 0 Å². The highest BCUT2D eigenvalue weighted by Crippen LogP contribution is 2.30. The number of thiocarbonyl (C=S) groups is 1. The fourth-order valence-corrected chi connectivity index (χ4v) is 3.88. The molecule has 5 nitrogen and oxygen atoms in total. The van der Waals surface area contributed by atoms with Gasteiger partial charge in [-0.3, -0.25) is 19.4 Å². The van der Waals surface area contributed by atoms with Crippen molar-refractivity contribution in [2.45, 2.75) is 0 Å². The molecule has 110 valence electrons. The number of nitrogens with zero attached hydrogens (tertiary/aromatic N) is 2. The third-order valence-electron chi connectivity index (χ3n) is 3.00. The lowest BCUT2D eigenvalue weighted by Crippen LogP contribution is -2.52. The molecule has 2 amide bonds. The molecule has 1 aliphatic heterocycles. The number of halogens is 2. The van der Waals surface area contributed by atoms with E-state index in [0.717, 1.165) is 3.57 Å². The number of rotatable bonds is 1. The molecular weight excluding hydrogens is 518 g/mol. The number of hydrogen-bond donors (Lipinski definition) is 1. The summed E-state index contributed by atoms with van der Waals surface area (Å²) < 4.78 is 1.55. The zero-order chi connectivity index (χ0) is 15.9. The Morgan fingerprint density at radius 3 is 2.19 bits per heavy atom. The molecule has 1 aromatic rings. The lowest BCUT2D eigenvalue weighted by molar-refractivity contribution is -0.132. The summed E-state index contributed by atoms with van der Waals surface area (Å²) in [7, 11) is 3.03. The second kappa shape index (κ2) is 6.16. The van der Waals surface area contributed by atoms with Crippen LogP contribution in [0.5, 0.6) is 5.75 Å².